The number of ether oxygens (including phenoxy) is 1. The highest BCUT2D eigenvalue weighted by molar-refractivity contribution is 6.05. The number of hydrogen-bond donors (Lipinski definition) is 1. The van der Waals surface area contributed by atoms with Crippen molar-refractivity contribution in [3.8, 4) is 0 Å². The molecule has 96 valence electrons. The van der Waals surface area contributed by atoms with Gasteiger partial charge < -0.3 is 14.6 Å². The Bertz CT molecular complexity index is 533. The zero-order valence-corrected chi connectivity index (χ0v) is 10.8. The molecule has 0 bridgehead atoms. The molecule has 0 aliphatic heterocycles. The quantitative estimate of drug-likeness (QED) is 0.823. The van der Waals surface area contributed by atoms with Crippen LogP contribution in [0, 0.1) is 0 Å². The summed E-state index contributed by atoms with van der Waals surface area (Å²) >= 11 is 0. The van der Waals surface area contributed by atoms with Crippen molar-refractivity contribution < 1.29 is 9.53 Å². The van der Waals surface area contributed by atoms with Crippen LogP contribution in [0.3, 0.4) is 0 Å². The molecule has 1 aromatic heterocycles. The summed E-state index contributed by atoms with van der Waals surface area (Å²) in [7, 11) is 1.79. The Morgan fingerprint density at radius 1 is 1.39 bits per heavy atom. The molecule has 0 aliphatic rings. The van der Waals surface area contributed by atoms with Gasteiger partial charge in [-0.25, -0.2) is 0 Å². The van der Waals surface area contributed by atoms with E-state index in [1.165, 1.54) is 0 Å². The molecule has 4 heteroatoms. The Hall–Kier alpha value is -1.81. The van der Waals surface area contributed by atoms with Gasteiger partial charge in [-0.15, -0.1) is 0 Å². The van der Waals surface area contributed by atoms with Gasteiger partial charge in [0.2, 0.25) is 0 Å². The monoisotopic (exact) mass is 246 g/mol. The van der Waals surface area contributed by atoms with Crippen LogP contribution < -0.4 is 0 Å². The number of nitrogens with zero attached hydrogens (tertiary/aromatic N) is 1. The molecule has 2 rings (SSSR count). The topological polar surface area (TPSA) is 45.3 Å². The minimum absolute atomic E-state index is 0.0164. The minimum atomic E-state index is 0.0164. The van der Waals surface area contributed by atoms with Crippen LogP contribution >= 0.6 is 0 Å². The van der Waals surface area contributed by atoms with Crippen LogP contribution in [-0.2, 0) is 4.74 Å². The summed E-state index contributed by atoms with van der Waals surface area (Å²) in [5.74, 6) is 0.0164. The van der Waals surface area contributed by atoms with Gasteiger partial charge in [0.25, 0.3) is 5.91 Å². The van der Waals surface area contributed by atoms with Crippen LogP contribution in [0.15, 0.2) is 30.5 Å². The molecule has 0 radical (unpaired) electrons. The number of nitrogens with one attached hydrogen (secondary N) is 1. The first-order valence-corrected chi connectivity index (χ1v) is 6.13. The van der Waals surface area contributed by atoms with Gasteiger partial charge in [-0.05, 0) is 19.1 Å². The lowest BCUT2D eigenvalue weighted by atomic mass is 10.1. The largest absolute Gasteiger partial charge is 0.380 e. The summed E-state index contributed by atoms with van der Waals surface area (Å²) < 4.78 is 5.26. The first-order valence-electron chi connectivity index (χ1n) is 6.13. The first kappa shape index (κ1) is 12.6. The highest BCUT2D eigenvalue weighted by atomic mass is 16.5. The third kappa shape index (κ3) is 2.54. The second kappa shape index (κ2) is 5.69. The molecule has 0 atom stereocenters. The number of benzene rings is 1. The standard InChI is InChI=1S/C14H18N2O2/c1-3-18-10-9-16(2)14(17)12-6-4-5-11-7-8-15-13(11)12/h4-8,15H,3,9-10H2,1-2H3. The molecular formula is C14H18N2O2. The van der Waals surface area contributed by atoms with E-state index in [0.717, 1.165) is 10.9 Å². The van der Waals surface area contributed by atoms with E-state index in [9.17, 15) is 4.79 Å². The van der Waals surface area contributed by atoms with Crippen molar-refractivity contribution in [1.82, 2.24) is 9.88 Å². The Labute approximate surface area is 107 Å². The molecule has 0 fully saturated rings. The second-order valence-corrected chi connectivity index (χ2v) is 4.17. The van der Waals surface area contributed by atoms with Crippen LogP contribution in [0.4, 0.5) is 0 Å². The van der Waals surface area contributed by atoms with E-state index in [0.29, 0.717) is 25.3 Å². The van der Waals surface area contributed by atoms with Crippen molar-refractivity contribution in [2.24, 2.45) is 0 Å². The number of aromatic amines is 1. The second-order valence-electron chi connectivity index (χ2n) is 4.17. The number of aromatic nitrogens is 1. The molecule has 1 N–H and O–H groups in total. The summed E-state index contributed by atoms with van der Waals surface area (Å²) in [5, 5.41) is 1.05. The van der Waals surface area contributed by atoms with Crippen molar-refractivity contribution >= 4 is 16.8 Å². The Balaban J connectivity index is 2.15. The number of carbonyl (C=O) groups excluding carboxylic acids is 1. The number of hydrogen-bond acceptors (Lipinski definition) is 2. The fourth-order valence-corrected chi connectivity index (χ4v) is 1.92. The SMILES string of the molecule is CCOCCN(C)C(=O)c1cccc2cc[nH]c12. The zero-order chi connectivity index (χ0) is 13.0. The Kier molecular flexibility index (Phi) is 3.99. The van der Waals surface area contributed by atoms with E-state index >= 15 is 0 Å². The summed E-state index contributed by atoms with van der Waals surface area (Å²) in [4.78, 5) is 17.1. The fourth-order valence-electron chi connectivity index (χ4n) is 1.92. The number of rotatable bonds is 5. The number of likely N-dealkylation sites (N-methyl/N-ethyl adjacent to an activating group) is 1. The molecule has 0 aliphatic carbocycles. The van der Waals surface area contributed by atoms with Crippen molar-refractivity contribution in [1.29, 1.82) is 0 Å². The van der Waals surface area contributed by atoms with Gasteiger partial charge in [0.05, 0.1) is 17.7 Å². The van der Waals surface area contributed by atoms with Gasteiger partial charge in [-0.3, -0.25) is 4.79 Å². The van der Waals surface area contributed by atoms with Gasteiger partial charge in [0, 0.05) is 31.8 Å². The van der Waals surface area contributed by atoms with E-state index in [2.05, 4.69) is 4.98 Å². The molecule has 18 heavy (non-hydrogen) atoms. The molecule has 2 aromatic rings. The van der Waals surface area contributed by atoms with Gasteiger partial charge >= 0.3 is 0 Å². The molecule has 0 saturated heterocycles. The minimum Gasteiger partial charge on any atom is -0.380 e. The summed E-state index contributed by atoms with van der Waals surface area (Å²) in [6.45, 7) is 3.79. The summed E-state index contributed by atoms with van der Waals surface area (Å²) in [6, 6.07) is 7.70. The molecule has 0 unspecified atom stereocenters. The number of amides is 1. The number of para-hydroxylation sites is 1. The Morgan fingerprint density at radius 2 is 2.22 bits per heavy atom. The molecule has 1 aromatic carbocycles. The van der Waals surface area contributed by atoms with E-state index < -0.39 is 0 Å². The Morgan fingerprint density at radius 3 is 3.00 bits per heavy atom. The van der Waals surface area contributed by atoms with Crippen molar-refractivity contribution in [2.75, 3.05) is 26.8 Å². The van der Waals surface area contributed by atoms with E-state index in [1.807, 2.05) is 37.4 Å². The van der Waals surface area contributed by atoms with Gasteiger partial charge in [0.15, 0.2) is 0 Å². The number of H-pyrrole nitrogens is 1. The molecular weight excluding hydrogens is 228 g/mol. The predicted molar refractivity (Wildman–Crippen MR) is 71.8 cm³/mol. The lowest BCUT2D eigenvalue weighted by Crippen LogP contribution is -2.30. The summed E-state index contributed by atoms with van der Waals surface area (Å²) in [6.07, 6.45) is 1.85. The maximum Gasteiger partial charge on any atom is 0.255 e. The average Bonchev–Trinajstić information content (AvgIpc) is 2.86. The maximum atomic E-state index is 12.3. The molecule has 0 spiro atoms. The van der Waals surface area contributed by atoms with Crippen LogP contribution in [0.2, 0.25) is 0 Å². The zero-order valence-electron chi connectivity index (χ0n) is 10.8. The maximum absolute atomic E-state index is 12.3. The smallest absolute Gasteiger partial charge is 0.255 e. The molecule has 1 heterocycles. The molecule has 0 saturated carbocycles. The normalized spacial score (nSPS) is 10.8. The average molecular weight is 246 g/mol. The highest BCUT2D eigenvalue weighted by Gasteiger charge is 2.14. The number of fused-ring (bicyclic) bond motifs is 1. The van der Waals surface area contributed by atoms with Crippen LogP contribution in [0.25, 0.3) is 10.9 Å². The predicted octanol–water partition coefficient (Wildman–Crippen LogP) is 2.28. The number of carbonyl (C=O) groups is 1. The van der Waals surface area contributed by atoms with Gasteiger partial charge in [-0.1, -0.05) is 12.1 Å². The summed E-state index contributed by atoms with van der Waals surface area (Å²) in [5.41, 5.74) is 1.60. The highest BCUT2D eigenvalue weighted by Crippen LogP contribution is 2.18. The van der Waals surface area contributed by atoms with E-state index in [-0.39, 0.29) is 5.91 Å². The molecule has 4 nitrogen and oxygen atoms in total. The fraction of sp³-hybridized carbons (Fsp3) is 0.357. The third-order valence-electron chi connectivity index (χ3n) is 2.94. The van der Waals surface area contributed by atoms with Crippen molar-refractivity contribution in [3.05, 3.63) is 36.0 Å². The van der Waals surface area contributed by atoms with Crippen molar-refractivity contribution in [3.63, 3.8) is 0 Å². The van der Waals surface area contributed by atoms with Gasteiger partial charge in [-0.2, -0.15) is 0 Å². The van der Waals surface area contributed by atoms with Crippen molar-refractivity contribution in [2.45, 2.75) is 6.92 Å². The van der Waals surface area contributed by atoms with Crippen LogP contribution in [0.5, 0.6) is 0 Å². The lowest BCUT2D eigenvalue weighted by molar-refractivity contribution is 0.0711. The third-order valence-corrected chi connectivity index (χ3v) is 2.94. The van der Waals surface area contributed by atoms with Crippen LogP contribution in [-0.4, -0.2) is 42.6 Å². The first-order chi connectivity index (χ1) is 8.74. The molecule has 1 amide bonds. The van der Waals surface area contributed by atoms with E-state index in [4.69, 9.17) is 4.74 Å². The van der Waals surface area contributed by atoms with E-state index in [1.54, 1.807) is 11.9 Å². The lowest BCUT2D eigenvalue weighted by Gasteiger charge is -2.17. The van der Waals surface area contributed by atoms with Crippen LogP contribution in [0.1, 0.15) is 17.3 Å². The van der Waals surface area contributed by atoms with Gasteiger partial charge in [0.1, 0.15) is 0 Å².